The standard InChI is InChI=1S/C16H31N5O.HI/c1-5-8-10-14(9-6-2)11-18-16(17-7-3)19-12-15-20-13(4)22-21-15;/h14H,5-12H2,1-4H3,(H2,17,18,19);1H. The normalized spacial score (nSPS) is 12.6. The molecule has 0 bridgehead atoms. The summed E-state index contributed by atoms with van der Waals surface area (Å²) in [5.41, 5.74) is 0. The van der Waals surface area contributed by atoms with E-state index in [0.29, 0.717) is 24.2 Å². The number of nitrogens with one attached hydrogen (secondary N) is 2. The average molecular weight is 437 g/mol. The van der Waals surface area contributed by atoms with Crippen LogP contribution in [0.1, 0.15) is 64.6 Å². The fourth-order valence-electron chi connectivity index (χ4n) is 2.39. The highest BCUT2D eigenvalue weighted by atomic mass is 127. The molecule has 0 radical (unpaired) electrons. The number of unbranched alkanes of at least 4 members (excludes halogenated alkanes) is 1. The second kappa shape index (κ2) is 13.6. The van der Waals surface area contributed by atoms with Crippen molar-refractivity contribution in [2.24, 2.45) is 10.9 Å². The minimum absolute atomic E-state index is 0. The first kappa shape index (κ1) is 22.1. The van der Waals surface area contributed by atoms with E-state index in [0.717, 1.165) is 19.0 Å². The first-order valence-electron chi connectivity index (χ1n) is 8.50. The molecule has 0 amide bonds. The molecular weight excluding hydrogens is 405 g/mol. The maximum atomic E-state index is 4.96. The van der Waals surface area contributed by atoms with Crippen LogP contribution in [0.2, 0.25) is 0 Å². The summed E-state index contributed by atoms with van der Waals surface area (Å²) >= 11 is 0. The van der Waals surface area contributed by atoms with Gasteiger partial charge in [-0.2, -0.15) is 4.98 Å². The Morgan fingerprint density at radius 2 is 1.96 bits per heavy atom. The van der Waals surface area contributed by atoms with Crippen molar-refractivity contribution in [2.45, 2.75) is 66.3 Å². The van der Waals surface area contributed by atoms with E-state index in [1.165, 1.54) is 32.1 Å². The van der Waals surface area contributed by atoms with Crippen LogP contribution in [0.4, 0.5) is 0 Å². The van der Waals surface area contributed by atoms with Crippen molar-refractivity contribution in [1.29, 1.82) is 0 Å². The molecule has 0 aliphatic heterocycles. The second-order valence-corrected chi connectivity index (χ2v) is 5.60. The van der Waals surface area contributed by atoms with Crippen molar-refractivity contribution in [1.82, 2.24) is 20.8 Å². The third-order valence-electron chi connectivity index (χ3n) is 3.51. The van der Waals surface area contributed by atoms with Gasteiger partial charge < -0.3 is 15.2 Å². The smallest absolute Gasteiger partial charge is 0.223 e. The minimum atomic E-state index is 0. The molecule has 0 spiro atoms. The van der Waals surface area contributed by atoms with Crippen LogP contribution < -0.4 is 10.6 Å². The molecule has 0 saturated heterocycles. The molecule has 0 aliphatic carbocycles. The summed E-state index contributed by atoms with van der Waals surface area (Å²) in [4.78, 5) is 8.69. The zero-order valence-electron chi connectivity index (χ0n) is 14.9. The van der Waals surface area contributed by atoms with Crippen molar-refractivity contribution in [3.05, 3.63) is 11.7 Å². The molecule has 23 heavy (non-hydrogen) atoms. The Kier molecular flexibility index (Phi) is 13.1. The van der Waals surface area contributed by atoms with E-state index >= 15 is 0 Å². The lowest BCUT2D eigenvalue weighted by Crippen LogP contribution is -2.39. The van der Waals surface area contributed by atoms with Gasteiger partial charge in [-0.05, 0) is 25.7 Å². The average Bonchev–Trinajstić information content (AvgIpc) is 2.92. The molecule has 7 heteroatoms. The number of guanidine groups is 1. The SMILES string of the molecule is CCCCC(CCC)CNC(=NCc1noc(C)n1)NCC.I. The molecule has 1 aromatic heterocycles. The summed E-state index contributed by atoms with van der Waals surface area (Å²) in [6.45, 7) is 10.6. The van der Waals surface area contributed by atoms with Gasteiger partial charge in [-0.1, -0.05) is 38.3 Å². The number of halogens is 1. The quantitative estimate of drug-likeness (QED) is 0.332. The maximum absolute atomic E-state index is 4.96. The van der Waals surface area contributed by atoms with Gasteiger partial charge in [0, 0.05) is 20.0 Å². The van der Waals surface area contributed by atoms with E-state index in [2.05, 4.69) is 46.5 Å². The van der Waals surface area contributed by atoms with Gasteiger partial charge in [0.05, 0.1) is 0 Å². The van der Waals surface area contributed by atoms with Crippen LogP contribution >= 0.6 is 24.0 Å². The van der Waals surface area contributed by atoms with E-state index in [1.54, 1.807) is 6.92 Å². The Morgan fingerprint density at radius 1 is 1.17 bits per heavy atom. The van der Waals surface area contributed by atoms with E-state index in [-0.39, 0.29) is 24.0 Å². The lowest BCUT2D eigenvalue weighted by Gasteiger charge is -2.18. The molecule has 1 heterocycles. The zero-order valence-corrected chi connectivity index (χ0v) is 17.2. The number of aliphatic imine (C=N–C) groups is 1. The van der Waals surface area contributed by atoms with E-state index < -0.39 is 0 Å². The first-order valence-corrected chi connectivity index (χ1v) is 8.50. The summed E-state index contributed by atoms with van der Waals surface area (Å²) in [6.07, 6.45) is 6.32. The third kappa shape index (κ3) is 9.78. The van der Waals surface area contributed by atoms with Crippen molar-refractivity contribution in [3.8, 4) is 0 Å². The van der Waals surface area contributed by atoms with Gasteiger partial charge in [-0.25, -0.2) is 4.99 Å². The predicted molar refractivity (Wildman–Crippen MR) is 105 cm³/mol. The molecule has 0 aromatic carbocycles. The molecular formula is C16H32IN5O. The number of hydrogen-bond donors (Lipinski definition) is 2. The van der Waals surface area contributed by atoms with Crippen LogP contribution in [0.5, 0.6) is 0 Å². The Labute approximate surface area is 157 Å². The van der Waals surface area contributed by atoms with Gasteiger partial charge in [-0.3, -0.25) is 0 Å². The molecule has 6 nitrogen and oxygen atoms in total. The van der Waals surface area contributed by atoms with Crippen LogP contribution in [0, 0.1) is 12.8 Å². The fourth-order valence-corrected chi connectivity index (χ4v) is 2.39. The van der Waals surface area contributed by atoms with Crippen LogP contribution in [-0.4, -0.2) is 29.2 Å². The number of nitrogens with zero attached hydrogens (tertiary/aromatic N) is 3. The highest BCUT2D eigenvalue weighted by molar-refractivity contribution is 14.0. The Bertz CT molecular complexity index is 436. The van der Waals surface area contributed by atoms with Crippen molar-refractivity contribution in [3.63, 3.8) is 0 Å². The highest BCUT2D eigenvalue weighted by Gasteiger charge is 2.09. The van der Waals surface area contributed by atoms with Crippen molar-refractivity contribution >= 4 is 29.9 Å². The Balaban J connectivity index is 0.00000484. The minimum Gasteiger partial charge on any atom is -0.357 e. The lowest BCUT2D eigenvalue weighted by molar-refractivity contribution is 0.387. The molecule has 0 fully saturated rings. The molecule has 0 saturated carbocycles. The summed E-state index contributed by atoms with van der Waals surface area (Å²) in [6, 6.07) is 0. The molecule has 1 atom stereocenters. The number of hydrogen-bond acceptors (Lipinski definition) is 4. The molecule has 1 aromatic rings. The second-order valence-electron chi connectivity index (χ2n) is 5.60. The van der Waals surface area contributed by atoms with Crippen molar-refractivity contribution in [2.75, 3.05) is 13.1 Å². The molecule has 0 aliphatic rings. The molecule has 1 rings (SSSR count). The van der Waals surface area contributed by atoms with Gasteiger partial charge in [0.15, 0.2) is 11.8 Å². The van der Waals surface area contributed by atoms with Crippen LogP contribution in [0.15, 0.2) is 9.52 Å². The van der Waals surface area contributed by atoms with Gasteiger partial charge in [0.2, 0.25) is 5.89 Å². The summed E-state index contributed by atoms with van der Waals surface area (Å²) in [5.74, 6) is 2.72. The van der Waals surface area contributed by atoms with Crippen molar-refractivity contribution < 1.29 is 4.52 Å². The third-order valence-corrected chi connectivity index (χ3v) is 3.51. The van der Waals surface area contributed by atoms with E-state index in [4.69, 9.17) is 4.52 Å². The summed E-state index contributed by atoms with van der Waals surface area (Å²) < 4.78 is 4.96. The van der Waals surface area contributed by atoms with Gasteiger partial charge in [0.1, 0.15) is 6.54 Å². The number of rotatable bonds is 10. The molecule has 2 N–H and O–H groups in total. The Morgan fingerprint density at radius 3 is 2.52 bits per heavy atom. The fraction of sp³-hybridized carbons (Fsp3) is 0.812. The Hall–Kier alpha value is -0.860. The van der Waals surface area contributed by atoms with Crippen LogP contribution in [0.25, 0.3) is 0 Å². The predicted octanol–water partition coefficient (Wildman–Crippen LogP) is 3.66. The van der Waals surface area contributed by atoms with E-state index in [9.17, 15) is 0 Å². The highest BCUT2D eigenvalue weighted by Crippen LogP contribution is 2.13. The monoisotopic (exact) mass is 437 g/mol. The van der Waals surface area contributed by atoms with Gasteiger partial charge in [-0.15, -0.1) is 24.0 Å². The molecule has 1 unspecified atom stereocenters. The zero-order chi connectivity index (χ0) is 16.2. The maximum Gasteiger partial charge on any atom is 0.223 e. The summed E-state index contributed by atoms with van der Waals surface area (Å²) in [7, 11) is 0. The van der Waals surface area contributed by atoms with Gasteiger partial charge >= 0.3 is 0 Å². The topological polar surface area (TPSA) is 75.3 Å². The number of aryl methyl sites for hydroxylation is 1. The first-order chi connectivity index (χ1) is 10.7. The van der Waals surface area contributed by atoms with E-state index in [1.807, 2.05) is 0 Å². The lowest BCUT2D eigenvalue weighted by atomic mass is 9.97. The largest absolute Gasteiger partial charge is 0.357 e. The number of aromatic nitrogens is 2. The van der Waals surface area contributed by atoms with Gasteiger partial charge in [0.25, 0.3) is 0 Å². The summed E-state index contributed by atoms with van der Waals surface area (Å²) in [5, 5.41) is 10.6. The van der Waals surface area contributed by atoms with Crippen LogP contribution in [-0.2, 0) is 6.54 Å². The molecule has 134 valence electrons. The van der Waals surface area contributed by atoms with Crippen LogP contribution in [0.3, 0.4) is 0 Å².